The van der Waals surface area contributed by atoms with Crippen LogP contribution in [-0.2, 0) is 37.5 Å². The molecule has 0 N–H and O–H groups in total. The monoisotopic (exact) mass is 411 g/mol. The second-order valence-electron chi connectivity index (χ2n) is 4.78. The first-order valence-electron chi connectivity index (χ1n) is 7.04. The molecule has 1 aliphatic rings. The van der Waals surface area contributed by atoms with E-state index in [0.29, 0.717) is 0 Å². The Bertz CT molecular complexity index is 680. The van der Waals surface area contributed by atoms with Crippen molar-refractivity contribution in [3.8, 4) is 17.6 Å². The summed E-state index contributed by atoms with van der Waals surface area (Å²) in [4.78, 5) is 12.7. The fourth-order valence-electron chi connectivity index (χ4n) is 2.18. The molecule has 7 heteroatoms. The average molecular weight is 411 g/mol. The zero-order valence-corrected chi connectivity index (χ0v) is 16.0. The van der Waals surface area contributed by atoms with Crippen LogP contribution in [0.2, 0.25) is 0 Å². The first kappa shape index (κ1) is 20.7. The number of hydrogen-bond donors (Lipinski definition) is 0. The van der Waals surface area contributed by atoms with Crippen LogP contribution >= 0.6 is 0 Å². The molecule has 2 rings (SSSR count). The Labute approximate surface area is 164 Å². The third-order valence-corrected chi connectivity index (χ3v) is 3.21. The van der Waals surface area contributed by atoms with E-state index in [-0.39, 0.29) is 69.2 Å². The predicted molar refractivity (Wildman–Crippen MR) is 78.9 cm³/mol. The van der Waals surface area contributed by atoms with E-state index >= 15 is 0 Å². The van der Waals surface area contributed by atoms with Gasteiger partial charge in [-0.2, -0.15) is 0 Å². The Morgan fingerprint density at radius 1 is 1.42 bits per heavy atom. The Kier molecular flexibility index (Phi) is 8.51. The zero-order chi connectivity index (χ0) is 16.8. The molecule has 0 saturated heterocycles. The number of carbonyl (C=O) groups is 1. The molecule has 1 aromatic rings. The van der Waals surface area contributed by atoms with Crippen LogP contribution in [-0.4, -0.2) is 30.4 Å². The summed E-state index contributed by atoms with van der Waals surface area (Å²) in [6.45, 7) is 1.01. The number of amides is 1. The standard InChI is InChI=1S/C17H15F3NO2.Y/c1-2-3-9-23-12-7-8-13(14(18)10-12)15-5-4-6-17(22)21(15)11-16(19)20;/h7-8,10,16H,4,6,9,11H2,1H3;/q-1;. The quantitative estimate of drug-likeness (QED) is 0.550. The number of nitrogens with zero attached hydrogens (tertiary/aromatic N) is 1. The number of benzene rings is 1. The molecule has 0 aliphatic carbocycles. The fourth-order valence-corrected chi connectivity index (χ4v) is 2.18. The van der Waals surface area contributed by atoms with Gasteiger partial charge in [-0.25, -0.2) is 19.2 Å². The van der Waals surface area contributed by atoms with Gasteiger partial charge in [0, 0.05) is 39.1 Å². The van der Waals surface area contributed by atoms with E-state index in [1.807, 2.05) is 0 Å². The maximum absolute atomic E-state index is 14.3. The summed E-state index contributed by atoms with van der Waals surface area (Å²) in [5.74, 6) is 4.48. The Morgan fingerprint density at radius 2 is 2.17 bits per heavy atom. The molecule has 24 heavy (non-hydrogen) atoms. The van der Waals surface area contributed by atoms with Gasteiger partial charge in [-0.05, 0) is 19.1 Å². The van der Waals surface area contributed by atoms with Gasteiger partial charge in [0.25, 0.3) is 6.43 Å². The fraction of sp³-hybridized carbons (Fsp3) is 0.353. The van der Waals surface area contributed by atoms with Crippen molar-refractivity contribution in [3.63, 3.8) is 0 Å². The average Bonchev–Trinajstić information content (AvgIpc) is 2.50. The number of rotatable bonds is 5. The van der Waals surface area contributed by atoms with Crippen LogP contribution < -0.4 is 4.74 Å². The number of allylic oxidation sites excluding steroid dienone is 1. The summed E-state index contributed by atoms with van der Waals surface area (Å²) in [7, 11) is 0. The van der Waals surface area contributed by atoms with Gasteiger partial charge in [0.15, 0.2) is 0 Å². The van der Waals surface area contributed by atoms with Crippen LogP contribution in [0.25, 0.3) is 5.70 Å². The molecule has 125 valence electrons. The van der Waals surface area contributed by atoms with Gasteiger partial charge >= 0.3 is 0 Å². The normalized spacial score (nSPS) is 13.8. The second kappa shape index (κ2) is 9.85. The molecule has 0 unspecified atom stereocenters. The van der Waals surface area contributed by atoms with Crippen LogP contribution in [0.1, 0.15) is 25.3 Å². The van der Waals surface area contributed by atoms with E-state index in [4.69, 9.17) is 4.74 Å². The largest absolute Gasteiger partial charge is 0.481 e. The topological polar surface area (TPSA) is 29.5 Å². The van der Waals surface area contributed by atoms with Crippen molar-refractivity contribution in [1.29, 1.82) is 0 Å². The number of ether oxygens (including phenoxy) is 1. The van der Waals surface area contributed by atoms with E-state index in [9.17, 15) is 18.0 Å². The second-order valence-corrected chi connectivity index (χ2v) is 4.78. The molecule has 0 fully saturated rings. The minimum Gasteiger partial charge on any atom is -0.481 e. The summed E-state index contributed by atoms with van der Waals surface area (Å²) in [5, 5.41) is 0. The molecule has 1 heterocycles. The minimum atomic E-state index is -2.70. The summed E-state index contributed by atoms with van der Waals surface area (Å²) >= 11 is 0. The van der Waals surface area contributed by atoms with Gasteiger partial charge < -0.3 is 9.64 Å². The molecule has 1 radical (unpaired) electrons. The van der Waals surface area contributed by atoms with Gasteiger partial charge in [0.05, 0.1) is 12.4 Å². The molecule has 0 atom stereocenters. The predicted octanol–water partition coefficient (Wildman–Crippen LogP) is 3.26. The maximum atomic E-state index is 14.3. The number of alkyl halides is 2. The minimum absolute atomic E-state index is 0. The van der Waals surface area contributed by atoms with Crippen molar-refractivity contribution in [3.05, 3.63) is 35.7 Å². The van der Waals surface area contributed by atoms with E-state index in [2.05, 4.69) is 17.9 Å². The first-order chi connectivity index (χ1) is 11.0. The summed E-state index contributed by atoms with van der Waals surface area (Å²) in [5.41, 5.74) is 0.103. The number of halogens is 3. The molecule has 0 bridgehead atoms. The van der Waals surface area contributed by atoms with Gasteiger partial charge in [-0.15, -0.1) is 29.7 Å². The molecule has 0 aromatic heterocycles. The van der Waals surface area contributed by atoms with Gasteiger partial charge in [0.2, 0.25) is 5.91 Å². The third-order valence-electron chi connectivity index (χ3n) is 3.21. The molecule has 1 amide bonds. The third kappa shape index (κ3) is 5.36. The Morgan fingerprint density at radius 3 is 2.79 bits per heavy atom. The van der Waals surface area contributed by atoms with Gasteiger partial charge in [-0.1, -0.05) is 5.92 Å². The van der Waals surface area contributed by atoms with Crippen LogP contribution in [0.15, 0.2) is 18.2 Å². The van der Waals surface area contributed by atoms with Crippen molar-refractivity contribution in [1.82, 2.24) is 4.90 Å². The molecule has 3 nitrogen and oxygen atoms in total. The number of carbonyl (C=O) groups excluding carboxylic acids is 1. The molecule has 0 saturated carbocycles. The molecular formula is C17H15F3NO2Y-. The SMILES string of the molecule is CC#CCOc1ccc(C2=[C-]CCC(=O)N2CC(F)F)c(F)c1.[Y]. The van der Waals surface area contributed by atoms with E-state index < -0.39 is 24.7 Å². The van der Waals surface area contributed by atoms with Crippen molar-refractivity contribution < 1.29 is 55.4 Å². The van der Waals surface area contributed by atoms with Crippen molar-refractivity contribution in [2.45, 2.75) is 26.2 Å². The van der Waals surface area contributed by atoms with E-state index in [0.717, 1.165) is 11.0 Å². The van der Waals surface area contributed by atoms with E-state index in [1.54, 1.807) is 6.92 Å². The molecule has 1 aliphatic heterocycles. The summed E-state index contributed by atoms with van der Waals surface area (Å²) in [6, 6.07) is 4.04. The first-order valence-corrected chi connectivity index (χ1v) is 7.04. The van der Waals surface area contributed by atoms with Gasteiger partial charge in [0.1, 0.15) is 12.4 Å². The van der Waals surface area contributed by atoms with Gasteiger partial charge in [-0.3, -0.25) is 4.79 Å². The van der Waals surface area contributed by atoms with E-state index in [1.165, 1.54) is 12.1 Å². The summed E-state index contributed by atoms with van der Waals surface area (Å²) in [6.07, 6.45) is 0.485. The maximum Gasteiger partial charge on any atom is 0.256 e. The molecule has 0 spiro atoms. The smallest absolute Gasteiger partial charge is 0.256 e. The Hall–Kier alpha value is -1.32. The number of hydrogen-bond acceptors (Lipinski definition) is 2. The van der Waals surface area contributed by atoms with Crippen LogP contribution in [0.4, 0.5) is 13.2 Å². The zero-order valence-electron chi connectivity index (χ0n) is 13.1. The van der Waals surface area contributed by atoms with Crippen LogP contribution in [0.5, 0.6) is 5.75 Å². The Balaban J connectivity index is 0.00000288. The molecule has 1 aromatic carbocycles. The van der Waals surface area contributed by atoms with Crippen LogP contribution in [0.3, 0.4) is 0 Å². The van der Waals surface area contributed by atoms with Crippen LogP contribution in [0, 0.1) is 23.7 Å². The summed E-state index contributed by atoms with van der Waals surface area (Å²) < 4.78 is 44.8. The van der Waals surface area contributed by atoms with Crippen molar-refractivity contribution >= 4 is 11.6 Å². The van der Waals surface area contributed by atoms with Crippen molar-refractivity contribution in [2.24, 2.45) is 0 Å². The molecular weight excluding hydrogens is 396 g/mol. The van der Waals surface area contributed by atoms with Crippen molar-refractivity contribution in [2.75, 3.05) is 13.2 Å².